The Morgan fingerprint density at radius 2 is 1.84 bits per heavy atom. The van der Waals surface area contributed by atoms with Crippen molar-refractivity contribution in [3.05, 3.63) is 93.4 Å². The second kappa shape index (κ2) is 9.78. The number of Topliss-reactive ketones (excluding diaryl/α,β-unsaturated/α-hetero) is 1. The maximum Gasteiger partial charge on any atom is 0.291 e. The van der Waals surface area contributed by atoms with Gasteiger partial charge in [0, 0.05) is 18.9 Å². The zero-order chi connectivity index (χ0) is 23.3. The minimum Gasteiger partial charge on any atom is -0.502 e. The van der Waals surface area contributed by atoms with Crippen LogP contribution in [0.3, 0.4) is 0 Å². The van der Waals surface area contributed by atoms with E-state index < -0.39 is 34.4 Å². The maximum atomic E-state index is 13.0. The molecule has 8 nitrogen and oxygen atoms in total. The topological polar surface area (TPSA) is 136 Å². The molecule has 0 spiro atoms. The first-order valence-corrected chi connectivity index (χ1v) is 9.77. The first-order valence-electron chi connectivity index (χ1n) is 9.77. The fraction of sp³-hybridized carbons (Fsp3) is 0.174. The molecule has 1 atom stereocenters. The Bertz CT molecular complexity index is 1210. The molecule has 1 amide bonds. The monoisotopic (exact) mass is 436 g/mol. The molecule has 1 unspecified atom stereocenters. The number of ketones is 1. The largest absolute Gasteiger partial charge is 0.502 e. The van der Waals surface area contributed by atoms with E-state index >= 15 is 0 Å². The first kappa shape index (κ1) is 22.5. The number of hydrogen-bond donors (Lipinski definition) is 4. The van der Waals surface area contributed by atoms with Crippen molar-refractivity contribution in [1.82, 2.24) is 15.3 Å². The van der Waals surface area contributed by atoms with Crippen LogP contribution in [0.1, 0.15) is 51.2 Å². The van der Waals surface area contributed by atoms with E-state index in [9.17, 15) is 23.9 Å². The van der Waals surface area contributed by atoms with Crippen molar-refractivity contribution < 1.29 is 19.1 Å². The van der Waals surface area contributed by atoms with Crippen LogP contribution >= 0.6 is 0 Å². The normalized spacial score (nSPS) is 11.6. The average Bonchev–Trinajstić information content (AvgIpc) is 2.80. The quantitative estimate of drug-likeness (QED) is 0.318. The third-order valence-corrected chi connectivity index (χ3v) is 4.92. The van der Waals surface area contributed by atoms with Gasteiger partial charge in [0.15, 0.2) is 5.75 Å². The van der Waals surface area contributed by atoms with Gasteiger partial charge < -0.3 is 20.8 Å². The summed E-state index contributed by atoms with van der Waals surface area (Å²) in [5.74, 6) is -2.94. The predicted octanol–water partition coefficient (Wildman–Crippen LogP) is 2.94. The molecule has 32 heavy (non-hydrogen) atoms. The second-order valence-electron chi connectivity index (χ2n) is 7.28. The van der Waals surface area contributed by atoms with E-state index in [1.807, 2.05) is 6.92 Å². The molecule has 3 aromatic rings. The van der Waals surface area contributed by atoms with Gasteiger partial charge in [-0.3, -0.25) is 19.4 Å². The van der Waals surface area contributed by atoms with E-state index in [2.05, 4.69) is 15.3 Å². The summed E-state index contributed by atoms with van der Waals surface area (Å²) < 4.78 is 13.0. The minimum atomic E-state index is -1.02. The van der Waals surface area contributed by atoms with Gasteiger partial charge in [0.1, 0.15) is 5.82 Å². The summed E-state index contributed by atoms with van der Waals surface area (Å²) in [4.78, 5) is 43.4. The molecule has 4 N–H and O–H groups in total. The Morgan fingerprint density at radius 3 is 2.50 bits per heavy atom. The van der Waals surface area contributed by atoms with Crippen LogP contribution in [0.4, 0.5) is 4.39 Å². The lowest BCUT2D eigenvalue weighted by Gasteiger charge is -2.12. The lowest BCUT2D eigenvalue weighted by molar-refractivity contribution is 0.0948. The summed E-state index contributed by atoms with van der Waals surface area (Å²) in [6.07, 6.45) is 3.34. The molecule has 0 radical (unpaired) electrons. The number of nitrogens with one attached hydrogen (secondary N) is 3. The fourth-order valence-corrected chi connectivity index (χ4v) is 3.10. The molecule has 0 aliphatic carbocycles. The zero-order valence-electron chi connectivity index (χ0n) is 17.2. The van der Waals surface area contributed by atoms with Crippen molar-refractivity contribution in [3.63, 3.8) is 0 Å². The number of aromatic amines is 1. The van der Waals surface area contributed by atoms with Crippen LogP contribution < -0.4 is 10.9 Å². The van der Waals surface area contributed by atoms with Gasteiger partial charge in [0.2, 0.25) is 5.78 Å². The number of carbonyl (C=O) groups excluding carboxylic acids is 2. The molecule has 0 saturated heterocycles. The van der Waals surface area contributed by atoms with Gasteiger partial charge in [-0.25, -0.2) is 4.39 Å². The fourth-order valence-electron chi connectivity index (χ4n) is 3.10. The SMILES string of the molecule is CC(CC(=N)C(=O)c1cc(C(=O)NCc2ccc(F)cc2)c(O)c(=O)[nH]1)c1ccncc1. The third kappa shape index (κ3) is 5.31. The number of benzene rings is 1. The van der Waals surface area contributed by atoms with Gasteiger partial charge in [0.25, 0.3) is 11.5 Å². The Morgan fingerprint density at radius 1 is 1.19 bits per heavy atom. The Labute approximate surface area is 182 Å². The number of nitrogens with zero attached hydrogens (tertiary/aromatic N) is 1. The van der Waals surface area contributed by atoms with Crippen LogP contribution in [0, 0.1) is 11.2 Å². The number of pyridine rings is 2. The number of aromatic hydroxyl groups is 1. The molecule has 1 aromatic carbocycles. The van der Waals surface area contributed by atoms with Crippen LogP contribution in [-0.2, 0) is 6.54 Å². The summed E-state index contributed by atoms with van der Waals surface area (Å²) in [6, 6.07) is 10.1. The number of H-pyrrole nitrogens is 1. The highest BCUT2D eigenvalue weighted by molar-refractivity contribution is 6.44. The van der Waals surface area contributed by atoms with E-state index in [1.165, 1.54) is 24.3 Å². The summed E-state index contributed by atoms with van der Waals surface area (Å²) >= 11 is 0. The Balaban J connectivity index is 1.75. The van der Waals surface area contributed by atoms with Crippen molar-refractivity contribution in [3.8, 4) is 5.75 Å². The molecule has 164 valence electrons. The highest BCUT2D eigenvalue weighted by atomic mass is 19.1. The van der Waals surface area contributed by atoms with Gasteiger partial charge >= 0.3 is 0 Å². The van der Waals surface area contributed by atoms with Crippen molar-refractivity contribution in [2.45, 2.75) is 25.8 Å². The summed E-state index contributed by atoms with van der Waals surface area (Å²) in [7, 11) is 0. The van der Waals surface area contributed by atoms with Crippen LogP contribution in [0.2, 0.25) is 0 Å². The van der Waals surface area contributed by atoms with Gasteiger partial charge in [0.05, 0.1) is 17.0 Å². The van der Waals surface area contributed by atoms with Crippen LogP contribution in [0.25, 0.3) is 0 Å². The number of rotatable bonds is 8. The van der Waals surface area contributed by atoms with Gasteiger partial charge in [-0.1, -0.05) is 19.1 Å². The van der Waals surface area contributed by atoms with Gasteiger partial charge in [-0.05, 0) is 53.8 Å². The van der Waals surface area contributed by atoms with E-state index in [1.54, 1.807) is 24.5 Å². The van der Waals surface area contributed by atoms with Crippen molar-refractivity contribution in [1.29, 1.82) is 5.41 Å². The minimum absolute atomic E-state index is 0.0217. The molecule has 0 saturated carbocycles. The van der Waals surface area contributed by atoms with Gasteiger partial charge in [-0.15, -0.1) is 0 Å². The van der Waals surface area contributed by atoms with Crippen LogP contribution in [0.15, 0.2) is 59.7 Å². The smallest absolute Gasteiger partial charge is 0.291 e. The predicted molar refractivity (Wildman–Crippen MR) is 116 cm³/mol. The molecule has 9 heteroatoms. The lowest BCUT2D eigenvalue weighted by Crippen LogP contribution is -2.27. The molecule has 2 heterocycles. The zero-order valence-corrected chi connectivity index (χ0v) is 17.2. The highest BCUT2D eigenvalue weighted by Crippen LogP contribution is 2.20. The maximum absolute atomic E-state index is 13.0. The summed E-state index contributed by atoms with van der Waals surface area (Å²) in [5.41, 5.74) is -0.434. The molecule has 0 aliphatic heterocycles. The van der Waals surface area contributed by atoms with E-state index in [0.29, 0.717) is 5.56 Å². The van der Waals surface area contributed by atoms with Crippen molar-refractivity contribution in [2.24, 2.45) is 0 Å². The molecular weight excluding hydrogens is 415 g/mol. The molecule has 3 rings (SSSR count). The molecule has 0 aliphatic rings. The van der Waals surface area contributed by atoms with E-state index in [-0.39, 0.29) is 30.3 Å². The molecule has 0 bridgehead atoms. The standard InChI is InChI=1S/C23H21FN4O4/c1-13(15-6-8-26-9-7-15)10-18(25)21(30)19-11-17(20(29)23(32)28-19)22(31)27-12-14-2-4-16(24)5-3-14/h2-9,11,13,25,29H,10,12H2,1H3,(H,27,31)(H,28,32). The summed E-state index contributed by atoms with van der Waals surface area (Å²) in [6.45, 7) is 1.87. The Kier molecular flexibility index (Phi) is 6.89. The van der Waals surface area contributed by atoms with E-state index in [0.717, 1.165) is 11.6 Å². The van der Waals surface area contributed by atoms with Crippen molar-refractivity contribution in [2.75, 3.05) is 0 Å². The lowest BCUT2D eigenvalue weighted by atomic mass is 9.94. The highest BCUT2D eigenvalue weighted by Gasteiger charge is 2.22. The van der Waals surface area contributed by atoms with Crippen molar-refractivity contribution >= 4 is 17.4 Å². The number of carbonyl (C=O) groups is 2. The number of hydrogen-bond acceptors (Lipinski definition) is 6. The van der Waals surface area contributed by atoms with Gasteiger partial charge in [-0.2, -0.15) is 0 Å². The average molecular weight is 436 g/mol. The number of halogens is 1. The number of amides is 1. The second-order valence-corrected chi connectivity index (χ2v) is 7.28. The first-order chi connectivity index (χ1) is 15.3. The molecule has 2 aromatic heterocycles. The van der Waals surface area contributed by atoms with Crippen LogP contribution in [0.5, 0.6) is 5.75 Å². The summed E-state index contributed by atoms with van der Waals surface area (Å²) in [5, 5.41) is 20.7. The van der Waals surface area contributed by atoms with Crippen LogP contribution in [-0.4, -0.2) is 32.5 Å². The number of aromatic nitrogens is 2. The van der Waals surface area contributed by atoms with E-state index in [4.69, 9.17) is 5.41 Å². The molecule has 0 fully saturated rings. The molecular formula is C23H21FN4O4. The Hall–Kier alpha value is -4.14. The third-order valence-electron chi connectivity index (χ3n) is 4.92.